The fourth-order valence-corrected chi connectivity index (χ4v) is 4.79. The molecule has 5 heteroatoms. The number of allylic oxidation sites excluding steroid dienone is 4. The smallest absolute Gasteiger partial charge is 1.00 e. The first kappa shape index (κ1) is 23.1. The van der Waals surface area contributed by atoms with E-state index in [2.05, 4.69) is 52.1 Å². The Labute approximate surface area is 134 Å². The molecule has 0 saturated heterocycles. The average Bonchev–Trinajstić information content (AvgIpc) is 2.31. The molecular formula is C12H21Cl2OSiTi. The van der Waals surface area contributed by atoms with E-state index in [1.165, 1.54) is 5.57 Å². The van der Waals surface area contributed by atoms with Crippen molar-refractivity contribution in [3.8, 4) is 0 Å². The normalized spacial score (nSPS) is 14.3. The second kappa shape index (κ2) is 8.95. The molecule has 1 nitrogen and oxygen atoms in total. The maximum absolute atomic E-state index is 6.13. The molecule has 0 aromatic carbocycles. The van der Waals surface area contributed by atoms with Gasteiger partial charge in [-0.05, 0) is 39.9 Å². The summed E-state index contributed by atoms with van der Waals surface area (Å²) in [7, 11) is -1.55. The standard InChI is InChI=1S/C12H21OSi.2ClH.Ti/c1-12(2,3)13-14(4,5)10-11-8-6-7-9-11;;;/h6,8H,7,10H2,1-5H3;2*1H;/q-1;;;+3/p-2. The molecule has 0 aromatic rings. The molecule has 0 aromatic heterocycles. The minimum atomic E-state index is -1.55. The van der Waals surface area contributed by atoms with Gasteiger partial charge in [-0.2, -0.15) is 6.08 Å². The van der Waals surface area contributed by atoms with Crippen LogP contribution in [-0.4, -0.2) is 13.9 Å². The van der Waals surface area contributed by atoms with Gasteiger partial charge in [0.15, 0.2) is 8.32 Å². The van der Waals surface area contributed by atoms with Gasteiger partial charge in [-0.15, -0.1) is 6.42 Å². The first-order valence-electron chi connectivity index (χ1n) is 5.25. The summed E-state index contributed by atoms with van der Waals surface area (Å²) < 4.78 is 6.13. The van der Waals surface area contributed by atoms with Crippen molar-refractivity contribution < 1.29 is 51.0 Å². The van der Waals surface area contributed by atoms with Crippen molar-refractivity contribution >= 4 is 8.32 Å². The number of hydrogen-bond acceptors (Lipinski definition) is 1. The van der Waals surface area contributed by atoms with Crippen LogP contribution in [-0.2, 0) is 26.1 Å². The first-order valence-corrected chi connectivity index (χ1v) is 8.36. The van der Waals surface area contributed by atoms with E-state index < -0.39 is 8.32 Å². The summed E-state index contributed by atoms with van der Waals surface area (Å²) in [5, 5.41) is 0. The van der Waals surface area contributed by atoms with Crippen molar-refractivity contribution in [3.63, 3.8) is 0 Å². The summed E-state index contributed by atoms with van der Waals surface area (Å²) in [4.78, 5) is 0. The van der Waals surface area contributed by atoms with Crippen molar-refractivity contribution in [2.24, 2.45) is 0 Å². The van der Waals surface area contributed by atoms with Gasteiger partial charge < -0.3 is 29.2 Å². The van der Waals surface area contributed by atoms with Gasteiger partial charge in [0.2, 0.25) is 0 Å². The fourth-order valence-electron chi connectivity index (χ4n) is 1.90. The van der Waals surface area contributed by atoms with Crippen LogP contribution in [0.1, 0.15) is 27.2 Å². The molecule has 97 valence electrons. The van der Waals surface area contributed by atoms with Crippen molar-refractivity contribution in [3.05, 3.63) is 23.8 Å². The van der Waals surface area contributed by atoms with E-state index in [0.29, 0.717) is 0 Å². The zero-order valence-corrected chi connectivity index (χ0v) is 15.3. The Morgan fingerprint density at radius 3 is 2.18 bits per heavy atom. The van der Waals surface area contributed by atoms with E-state index in [1.807, 2.05) is 0 Å². The predicted molar refractivity (Wildman–Crippen MR) is 63.6 cm³/mol. The molecule has 0 atom stereocenters. The van der Waals surface area contributed by atoms with Crippen molar-refractivity contribution in [1.29, 1.82) is 0 Å². The summed E-state index contributed by atoms with van der Waals surface area (Å²) in [5.41, 5.74) is 1.32. The van der Waals surface area contributed by atoms with Crippen LogP contribution < -0.4 is 24.8 Å². The molecule has 1 radical (unpaired) electrons. The van der Waals surface area contributed by atoms with E-state index >= 15 is 0 Å². The molecule has 0 amide bonds. The Morgan fingerprint density at radius 1 is 1.29 bits per heavy atom. The third-order valence-corrected chi connectivity index (χ3v) is 4.36. The predicted octanol–water partition coefficient (Wildman–Crippen LogP) is -2.30. The molecule has 0 heterocycles. The van der Waals surface area contributed by atoms with E-state index in [4.69, 9.17) is 4.43 Å². The summed E-state index contributed by atoms with van der Waals surface area (Å²) >= 11 is 0. The molecule has 0 spiro atoms. The van der Waals surface area contributed by atoms with Crippen LogP contribution in [0.3, 0.4) is 0 Å². The molecule has 0 fully saturated rings. The van der Waals surface area contributed by atoms with Crippen LogP contribution in [0.5, 0.6) is 0 Å². The second-order valence-electron chi connectivity index (χ2n) is 5.46. The molecule has 0 unspecified atom stereocenters. The van der Waals surface area contributed by atoms with Crippen LogP contribution in [0.15, 0.2) is 17.7 Å². The van der Waals surface area contributed by atoms with Gasteiger partial charge in [-0.3, -0.25) is 6.08 Å². The largest absolute Gasteiger partial charge is 3.00 e. The summed E-state index contributed by atoms with van der Waals surface area (Å²) in [5.74, 6) is 0. The van der Waals surface area contributed by atoms with Gasteiger partial charge >= 0.3 is 21.7 Å². The molecule has 0 saturated carbocycles. The van der Waals surface area contributed by atoms with Crippen molar-refractivity contribution in [2.75, 3.05) is 0 Å². The molecule has 1 aliphatic rings. The third-order valence-electron chi connectivity index (χ3n) is 1.96. The van der Waals surface area contributed by atoms with Gasteiger partial charge in [-0.25, -0.2) is 11.6 Å². The van der Waals surface area contributed by atoms with Crippen molar-refractivity contribution in [1.82, 2.24) is 0 Å². The van der Waals surface area contributed by atoms with Crippen LogP contribution in [0, 0.1) is 6.08 Å². The van der Waals surface area contributed by atoms with E-state index in [-0.39, 0.29) is 52.1 Å². The van der Waals surface area contributed by atoms with Crippen LogP contribution >= 0.6 is 0 Å². The van der Waals surface area contributed by atoms with Crippen LogP contribution in [0.2, 0.25) is 19.1 Å². The zero-order valence-electron chi connectivity index (χ0n) is 11.2. The van der Waals surface area contributed by atoms with Gasteiger partial charge in [-0.1, -0.05) is 0 Å². The monoisotopic (exact) mass is 327 g/mol. The Bertz CT molecular complexity index is 270. The van der Waals surface area contributed by atoms with E-state index in [0.717, 1.165) is 12.5 Å². The van der Waals surface area contributed by atoms with Crippen LogP contribution in [0.4, 0.5) is 0 Å². The maximum atomic E-state index is 6.13. The third kappa shape index (κ3) is 10.6. The Kier molecular flexibility index (Phi) is 12.1. The molecule has 1 aliphatic carbocycles. The zero-order chi connectivity index (χ0) is 10.8. The SMILES string of the molecule is CC(C)(C)O[Si](C)(C)CC1=[C-]CC=C1.[Cl-].[Cl-].[Ti+3]. The van der Waals surface area contributed by atoms with Gasteiger partial charge in [0.1, 0.15) is 0 Å². The number of rotatable bonds is 3. The first-order chi connectivity index (χ1) is 6.29. The molecule has 0 aliphatic heterocycles. The minimum Gasteiger partial charge on any atom is -1.00 e. The Balaban J connectivity index is -0.000000653. The van der Waals surface area contributed by atoms with Gasteiger partial charge in [0.05, 0.1) is 0 Å². The summed E-state index contributed by atoms with van der Waals surface area (Å²) in [6.07, 6.45) is 8.69. The van der Waals surface area contributed by atoms with Crippen molar-refractivity contribution in [2.45, 2.75) is 51.9 Å². The Hall–Kier alpha value is 0.951. The Morgan fingerprint density at radius 2 is 1.82 bits per heavy atom. The number of hydrogen-bond donors (Lipinski definition) is 0. The topological polar surface area (TPSA) is 9.23 Å². The second-order valence-corrected chi connectivity index (χ2v) is 9.54. The molecule has 17 heavy (non-hydrogen) atoms. The summed E-state index contributed by atoms with van der Waals surface area (Å²) in [6, 6.07) is 1.08. The van der Waals surface area contributed by atoms with Gasteiger partial charge in [0, 0.05) is 5.60 Å². The molecule has 0 N–H and O–H groups in total. The maximum Gasteiger partial charge on any atom is 3.00 e. The van der Waals surface area contributed by atoms with E-state index in [1.54, 1.807) is 0 Å². The quantitative estimate of drug-likeness (QED) is 0.418. The minimum absolute atomic E-state index is 0. The molecule has 0 bridgehead atoms. The van der Waals surface area contributed by atoms with Gasteiger partial charge in [0.25, 0.3) is 0 Å². The molecule has 1 rings (SSSR count). The van der Waals surface area contributed by atoms with E-state index in [9.17, 15) is 0 Å². The fraction of sp³-hybridized carbons (Fsp3) is 0.667. The van der Waals surface area contributed by atoms with Crippen LogP contribution in [0.25, 0.3) is 0 Å². The summed E-state index contributed by atoms with van der Waals surface area (Å²) in [6.45, 7) is 10.9. The molecular weight excluding hydrogens is 307 g/mol. The number of halogens is 2. The average molecular weight is 328 g/mol.